The zero-order chi connectivity index (χ0) is 26.4. The first-order valence-electron chi connectivity index (χ1n) is 11.3. The number of nitrogens with one attached hydrogen (secondary N) is 1. The minimum Gasteiger partial charge on any atom is -0.465 e. The van der Waals surface area contributed by atoms with Gasteiger partial charge in [0.15, 0.2) is 17.6 Å². The van der Waals surface area contributed by atoms with Gasteiger partial charge in [0.25, 0.3) is 7.52 Å². The first kappa shape index (κ1) is 28.6. The van der Waals surface area contributed by atoms with E-state index < -0.39 is 43.6 Å². The summed E-state index contributed by atoms with van der Waals surface area (Å²) in [6.45, 7) is 11.7. The Labute approximate surface area is 204 Å². The summed E-state index contributed by atoms with van der Waals surface area (Å²) in [6, 6.07) is 0. The average molecular weight is 515 g/mol. The van der Waals surface area contributed by atoms with Crippen molar-refractivity contribution in [3.63, 3.8) is 0 Å². The van der Waals surface area contributed by atoms with E-state index in [0.29, 0.717) is 17.7 Å². The molecule has 0 amide bonds. The molecule has 0 aromatic carbocycles. The minimum atomic E-state index is -3.92. The van der Waals surface area contributed by atoms with Gasteiger partial charge in [0, 0.05) is 0 Å². The Morgan fingerprint density at radius 1 is 1.20 bits per heavy atom. The average Bonchev–Trinajstić information content (AvgIpc) is 3.15. The topological polar surface area (TPSA) is 170 Å². The van der Waals surface area contributed by atoms with Crippen LogP contribution in [0.4, 0.5) is 5.82 Å². The first-order chi connectivity index (χ1) is 16.3. The normalized spacial score (nSPS) is 15.5. The number of nitrogen functional groups attached to an aromatic ring is 1. The number of rotatable bonds is 13. The highest BCUT2D eigenvalue weighted by atomic mass is 31.2. The molecule has 0 spiro atoms. The molecule has 0 fully saturated rings. The van der Waals surface area contributed by atoms with Crippen molar-refractivity contribution in [3.05, 3.63) is 12.7 Å². The molecule has 2 aromatic heterocycles. The molecule has 3 N–H and O–H groups in total. The van der Waals surface area contributed by atoms with E-state index in [-0.39, 0.29) is 18.5 Å². The van der Waals surface area contributed by atoms with Crippen LogP contribution in [0.3, 0.4) is 0 Å². The van der Waals surface area contributed by atoms with Crippen LogP contribution in [0.25, 0.3) is 11.2 Å². The summed E-state index contributed by atoms with van der Waals surface area (Å²) in [5.41, 5.74) is 5.43. The number of hydrogen-bond acceptors (Lipinski definition) is 11. The molecule has 35 heavy (non-hydrogen) atoms. The standard InChI is InChI=1S/C21H35N6O7P/c1-8-31-20(29)21(6,7)26-35(30,34-15(5)19(28)33-13(2)3)12-32-14(4)9-27-11-25-16-17(22)23-10-24-18(16)27/h10-11,13-15H,8-9,12H2,1-7H3,(H,26,30)(H2,22,23,24)/t14-,15-,35-/m1/s1. The molecule has 0 bridgehead atoms. The fraction of sp³-hybridized carbons (Fsp3) is 0.667. The number of hydrogen-bond donors (Lipinski definition) is 2. The second-order valence-corrected chi connectivity index (χ2v) is 10.8. The summed E-state index contributed by atoms with van der Waals surface area (Å²) in [6.07, 6.45) is 0.423. The number of imidazole rings is 1. The molecule has 3 atom stereocenters. The van der Waals surface area contributed by atoms with Crippen LogP contribution in [0.5, 0.6) is 0 Å². The Hall–Kier alpha value is -2.60. The van der Waals surface area contributed by atoms with Gasteiger partial charge >= 0.3 is 11.9 Å². The van der Waals surface area contributed by atoms with E-state index in [4.69, 9.17) is 24.5 Å². The highest BCUT2D eigenvalue weighted by Crippen LogP contribution is 2.46. The molecule has 13 nitrogen and oxygen atoms in total. The van der Waals surface area contributed by atoms with Crippen molar-refractivity contribution in [3.8, 4) is 0 Å². The molecule has 0 saturated heterocycles. The SMILES string of the molecule is CCOC(=O)C(C)(C)N[P@@](=O)(CO[C@H](C)Cn1cnc2c(N)ncnc21)O[C@H](C)C(=O)OC(C)C. The smallest absolute Gasteiger partial charge is 0.335 e. The summed E-state index contributed by atoms with van der Waals surface area (Å²) >= 11 is 0. The van der Waals surface area contributed by atoms with E-state index in [1.165, 1.54) is 27.1 Å². The molecule has 196 valence electrons. The Morgan fingerprint density at radius 2 is 1.89 bits per heavy atom. The number of ether oxygens (including phenoxy) is 3. The number of aromatic nitrogens is 4. The monoisotopic (exact) mass is 514 g/mol. The van der Waals surface area contributed by atoms with E-state index in [0.717, 1.165) is 0 Å². The van der Waals surface area contributed by atoms with Crippen LogP contribution in [-0.2, 0) is 39.4 Å². The van der Waals surface area contributed by atoms with E-state index in [1.807, 2.05) is 0 Å². The summed E-state index contributed by atoms with van der Waals surface area (Å²) in [4.78, 5) is 37.0. The van der Waals surface area contributed by atoms with Gasteiger partial charge in [-0.25, -0.2) is 24.8 Å². The van der Waals surface area contributed by atoms with Crippen LogP contribution in [0.1, 0.15) is 48.5 Å². The Kier molecular flexibility index (Phi) is 9.73. The number of nitrogens with zero attached hydrogens (tertiary/aromatic N) is 4. The van der Waals surface area contributed by atoms with E-state index >= 15 is 0 Å². The summed E-state index contributed by atoms with van der Waals surface area (Å²) in [7, 11) is -3.92. The van der Waals surface area contributed by atoms with Crippen molar-refractivity contribution in [1.29, 1.82) is 0 Å². The van der Waals surface area contributed by atoms with Gasteiger partial charge in [-0.2, -0.15) is 0 Å². The van der Waals surface area contributed by atoms with Crippen molar-refractivity contribution in [2.75, 3.05) is 18.7 Å². The Morgan fingerprint density at radius 3 is 2.51 bits per heavy atom. The quantitative estimate of drug-likeness (QED) is 0.296. The summed E-state index contributed by atoms with van der Waals surface area (Å²) in [5.74, 6) is -1.06. The summed E-state index contributed by atoms with van der Waals surface area (Å²) in [5, 5.41) is 2.71. The van der Waals surface area contributed by atoms with Crippen LogP contribution in [0.15, 0.2) is 12.7 Å². The predicted octanol–water partition coefficient (Wildman–Crippen LogP) is 2.25. The zero-order valence-electron chi connectivity index (χ0n) is 21.2. The van der Waals surface area contributed by atoms with Gasteiger partial charge in [-0.1, -0.05) is 0 Å². The molecule has 2 aromatic rings. The van der Waals surface area contributed by atoms with Gasteiger partial charge < -0.3 is 29.0 Å². The third-order valence-corrected chi connectivity index (χ3v) is 6.71. The molecular formula is C21H35N6O7P. The number of anilines is 1. The fourth-order valence-electron chi connectivity index (χ4n) is 3.09. The van der Waals surface area contributed by atoms with Crippen LogP contribution < -0.4 is 10.8 Å². The Balaban J connectivity index is 2.17. The third-order valence-electron chi connectivity index (χ3n) is 4.66. The van der Waals surface area contributed by atoms with Crippen molar-refractivity contribution in [2.45, 2.75) is 78.9 Å². The first-order valence-corrected chi connectivity index (χ1v) is 13.1. The third kappa shape index (κ3) is 7.96. The molecule has 0 radical (unpaired) electrons. The zero-order valence-corrected chi connectivity index (χ0v) is 22.1. The second kappa shape index (κ2) is 11.9. The molecular weight excluding hydrogens is 479 g/mol. The molecule has 14 heteroatoms. The van der Waals surface area contributed by atoms with Crippen LogP contribution in [0, 0.1) is 0 Å². The van der Waals surface area contributed by atoms with Gasteiger partial charge in [0.05, 0.1) is 31.7 Å². The van der Waals surface area contributed by atoms with Gasteiger partial charge in [-0.15, -0.1) is 0 Å². The van der Waals surface area contributed by atoms with Crippen molar-refractivity contribution >= 4 is 36.4 Å². The van der Waals surface area contributed by atoms with Crippen LogP contribution >= 0.6 is 7.52 Å². The fourth-order valence-corrected chi connectivity index (χ4v) is 5.25. The van der Waals surface area contributed by atoms with Crippen molar-refractivity contribution in [2.24, 2.45) is 0 Å². The maximum absolute atomic E-state index is 13.8. The number of carbonyl (C=O) groups is 2. The van der Waals surface area contributed by atoms with Crippen LogP contribution in [0.2, 0.25) is 0 Å². The maximum Gasteiger partial charge on any atom is 0.335 e. The lowest BCUT2D eigenvalue weighted by molar-refractivity contribution is -0.155. The molecule has 0 aliphatic carbocycles. The predicted molar refractivity (Wildman–Crippen MR) is 128 cm³/mol. The van der Waals surface area contributed by atoms with Gasteiger partial charge in [0.1, 0.15) is 23.7 Å². The highest BCUT2D eigenvalue weighted by molar-refractivity contribution is 7.56. The van der Waals surface area contributed by atoms with E-state index in [9.17, 15) is 14.2 Å². The second-order valence-electron chi connectivity index (χ2n) is 8.80. The lowest BCUT2D eigenvalue weighted by Crippen LogP contribution is -2.47. The highest BCUT2D eigenvalue weighted by Gasteiger charge is 2.40. The maximum atomic E-state index is 13.8. The van der Waals surface area contributed by atoms with Crippen molar-refractivity contribution < 1.29 is 32.9 Å². The molecule has 2 rings (SSSR count). The number of carbonyl (C=O) groups excluding carboxylic acids is 2. The molecule has 0 saturated carbocycles. The minimum absolute atomic E-state index is 0.146. The lowest BCUT2D eigenvalue weighted by Gasteiger charge is -2.31. The largest absolute Gasteiger partial charge is 0.465 e. The molecule has 0 aliphatic heterocycles. The van der Waals surface area contributed by atoms with Crippen molar-refractivity contribution in [1.82, 2.24) is 24.6 Å². The lowest BCUT2D eigenvalue weighted by atomic mass is 10.1. The molecule has 2 heterocycles. The number of fused-ring (bicyclic) bond motifs is 1. The molecule has 0 aliphatic rings. The van der Waals surface area contributed by atoms with Gasteiger partial charge in [-0.3, -0.25) is 9.36 Å². The van der Waals surface area contributed by atoms with Gasteiger partial charge in [0.2, 0.25) is 0 Å². The number of esters is 2. The Bertz CT molecular complexity index is 1070. The number of nitrogens with two attached hydrogens (primary N) is 1. The van der Waals surface area contributed by atoms with E-state index in [2.05, 4.69) is 20.0 Å². The van der Waals surface area contributed by atoms with Gasteiger partial charge in [-0.05, 0) is 48.5 Å². The summed E-state index contributed by atoms with van der Waals surface area (Å²) < 4.78 is 37.1. The van der Waals surface area contributed by atoms with E-state index in [1.54, 1.807) is 38.6 Å². The van der Waals surface area contributed by atoms with Crippen LogP contribution in [-0.4, -0.2) is 68.3 Å². The molecule has 0 unspecified atom stereocenters.